The maximum absolute atomic E-state index is 12.7. The Morgan fingerprint density at radius 2 is 1.73 bits per heavy atom. The van der Waals surface area contributed by atoms with Crippen LogP contribution in [0.3, 0.4) is 0 Å². The van der Waals surface area contributed by atoms with Crippen molar-refractivity contribution in [2.24, 2.45) is 5.73 Å². The highest BCUT2D eigenvalue weighted by molar-refractivity contribution is 5.82. The van der Waals surface area contributed by atoms with Crippen LogP contribution < -0.4 is 11.1 Å². The van der Waals surface area contributed by atoms with E-state index in [9.17, 15) is 14.4 Å². The number of esters is 1. The third kappa shape index (κ3) is 9.39. The summed E-state index contributed by atoms with van der Waals surface area (Å²) in [5.41, 5.74) is 6.20. The van der Waals surface area contributed by atoms with Crippen LogP contribution in [0.15, 0.2) is 30.3 Å². The second kappa shape index (κ2) is 13.7. The molecule has 3 N–H and O–H groups in total. The van der Waals surface area contributed by atoms with E-state index in [1.54, 1.807) is 0 Å². The van der Waals surface area contributed by atoms with Gasteiger partial charge in [0.2, 0.25) is 11.8 Å². The molecule has 1 aromatic carbocycles. The van der Waals surface area contributed by atoms with Crippen molar-refractivity contribution in [2.75, 3.05) is 19.6 Å². The third-order valence-corrected chi connectivity index (χ3v) is 5.32. The molecule has 1 aliphatic heterocycles. The molecule has 1 aliphatic rings. The smallest absolute Gasteiger partial charge is 0.306 e. The maximum atomic E-state index is 12.7. The van der Waals surface area contributed by atoms with Crippen LogP contribution in [-0.2, 0) is 25.7 Å². The van der Waals surface area contributed by atoms with Crippen molar-refractivity contribution in [1.82, 2.24) is 10.2 Å². The van der Waals surface area contributed by atoms with Gasteiger partial charge in [0.25, 0.3) is 0 Å². The van der Waals surface area contributed by atoms with Gasteiger partial charge in [0.15, 0.2) is 0 Å². The summed E-state index contributed by atoms with van der Waals surface area (Å²) in [5, 5.41) is 3.35. The Morgan fingerprint density at radius 3 is 2.43 bits per heavy atom. The number of carbonyl (C=O) groups excluding carboxylic acids is 3. The molecule has 1 aromatic rings. The van der Waals surface area contributed by atoms with Crippen molar-refractivity contribution in [1.29, 1.82) is 0 Å². The first-order valence-electron chi connectivity index (χ1n) is 11.1. The van der Waals surface area contributed by atoms with Gasteiger partial charge in [-0.05, 0) is 50.6 Å². The number of nitrogens with zero attached hydrogens (tertiary/aromatic N) is 1. The number of unbranched alkanes of at least 4 members (excludes halogenated alkanes) is 2. The minimum Gasteiger partial charge on any atom is -0.461 e. The fourth-order valence-corrected chi connectivity index (χ4v) is 3.61. The molecule has 30 heavy (non-hydrogen) atoms. The molecule has 1 heterocycles. The zero-order valence-corrected chi connectivity index (χ0v) is 17.8. The van der Waals surface area contributed by atoms with E-state index in [-0.39, 0.29) is 23.8 Å². The fraction of sp³-hybridized carbons (Fsp3) is 0.609. The van der Waals surface area contributed by atoms with Gasteiger partial charge in [0.1, 0.15) is 6.61 Å². The molecule has 0 spiro atoms. The quantitative estimate of drug-likeness (QED) is 0.358. The standard InChI is InChI=1S/C23H35N3O4/c24-21(27)13-9-12-20(23(29)26-16-7-8-17-26)25-15-6-2-5-14-22(28)30-18-19-10-3-1-4-11-19/h1,3-4,10-11,20,25H,2,5-9,12-18H2,(H2,24,27)/t20-/m0/s1. The molecule has 7 nitrogen and oxygen atoms in total. The van der Waals surface area contributed by atoms with Crippen molar-refractivity contribution in [3.8, 4) is 0 Å². The number of hydrogen-bond acceptors (Lipinski definition) is 5. The normalized spacial score (nSPS) is 14.5. The van der Waals surface area contributed by atoms with Crippen LogP contribution in [0.1, 0.15) is 63.4 Å². The van der Waals surface area contributed by atoms with Crippen molar-refractivity contribution >= 4 is 17.8 Å². The lowest BCUT2D eigenvalue weighted by Crippen LogP contribution is -2.45. The first kappa shape index (κ1) is 23.9. The molecule has 0 unspecified atom stereocenters. The van der Waals surface area contributed by atoms with Gasteiger partial charge >= 0.3 is 5.97 Å². The van der Waals surface area contributed by atoms with Crippen LogP contribution in [0.2, 0.25) is 0 Å². The average Bonchev–Trinajstić information content (AvgIpc) is 3.28. The molecule has 2 amide bonds. The molecule has 166 valence electrons. The van der Waals surface area contributed by atoms with Crippen LogP contribution >= 0.6 is 0 Å². The average molecular weight is 418 g/mol. The van der Waals surface area contributed by atoms with Gasteiger partial charge in [-0.3, -0.25) is 14.4 Å². The third-order valence-electron chi connectivity index (χ3n) is 5.32. The van der Waals surface area contributed by atoms with Crippen molar-refractivity contribution in [3.63, 3.8) is 0 Å². The Balaban J connectivity index is 1.60. The first-order chi connectivity index (χ1) is 14.6. The van der Waals surface area contributed by atoms with E-state index in [0.29, 0.717) is 38.8 Å². The van der Waals surface area contributed by atoms with E-state index < -0.39 is 0 Å². The minimum atomic E-state index is -0.332. The second-order valence-electron chi connectivity index (χ2n) is 7.85. The fourth-order valence-electron chi connectivity index (χ4n) is 3.61. The zero-order chi connectivity index (χ0) is 21.6. The number of nitrogens with one attached hydrogen (secondary N) is 1. The van der Waals surface area contributed by atoms with Gasteiger partial charge in [0.05, 0.1) is 6.04 Å². The molecule has 0 bridgehead atoms. The monoisotopic (exact) mass is 417 g/mol. The summed E-state index contributed by atoms with van der Waals surface area (Å²) >= 11 is 0. The highest BCUT2D eigenvalue weighted by Crippen LogP contribution is 2.13. The predicted octanol–water partition coefficient (Wildman–Crippen LogP) is 2.53. The molecule has 1 saturated heterocycles. The molecule has 1 atom stereocenters. The summed E-state index contributed by atoms with van der Waals surface area (Å²) in [4.78, 5) is 37.4. The number of nitrogens with two attached hydrogens (primary N) is 1. The lowest BCUT2D eigenvalue weighted by Gasteiger charge is -2.24. The number of rotatable bonds is 14. The van der Waals surface area contributed by atoms with Crippen molar-refractivity contribution < 1.29 is 19.1 Å². The summed E-state index contributed by atoms with van der Waals surface area (Å²) in [7, 11) is 0. The Labute approximate surface area is 179 Å². The van der Waals surface area contributed by atoms with Gasteiger partial charge in [-0.1, -0.05) is 36.8 Å². The van der Waals surface area contributed by atoms with E-state index in [4.69, 9.17) is 10.5 Å². The highest BCUT2D eigenvalue weighted by Gasteiger charge is 2.25. The molecular formula is C23H35N3O4. The van der Waals surface area contributed by atoms with E-state index in [1.807, 2.05) is 35.2 Å². The number of carbonyl (C=O) groups is 3. The maximum Gasteiger partial charge on any atom is 0.306 e. The molecule has 0 aromatic heterocycles. The largest absolute Gasteiger partial charge is 0.461 e. The van der Waals surface area contributed by atoms with Crippen molar-refractivity contribution in [3.05, 3.63) is 35.9 Å². The zero-order valence-electron chi connectivity index (χ0n) is 17.8. The Hall–Kier alpha value is -2.41. The van der Waals surface area contributed by atoms with E-state index in [2.05, 4.69) is 5.32 Å². The summed E-state index contributed by atoms with van der Waals surface area (Å²) in [6, 6.07) is 9.38. The van der Waals surface area contributed by atoms with Crippen molar-refractivity contribution in [2.45, 2.75) is 70.4 Å². The van der Waals surface area contributed by atoms with Crippen LogP contribution in [-0.4, -0.2) is 48.4 Å². The summed E-state index contributed by atoms with van der Waals surface area (Å²) in [5.74, 6) is -0.386. The van der Waals surface area contributed by atoms with Crippen LogP contribution in [0.4, 0.5) is 0 Å². The lowest BCUT2D eigenvalue weighted by molar-refractivity contribution is -0.145. The summed E-state index contributed by atoms with van der Waals surface area (Å²) in [6.07, 6.45) is 6.58. The van der Waals surface area contributed by atoms with Gasteiger partial charge in [-0.15, -0.1) is 0 Å². The molecular weight excluding hydrogens is 382 g/mol. The van der Waals surface area contributed by atoms with Gasteiger partial charge < -0.3 is 20.7 Å². The van der Waals surface area contributed by atoms with E-state index in [0.717, 1.165) is 50.8 Å². The number of primary amides is 1. The SMILES string of the molecule is NC(=O)CCC[C@H](NCCCCCC(=O)OCc1ccccc1)C(=O)N1CCCC1. The highest BCUT2D eigenvalue weighted by atomic mass is 16.5. The molecule has 2 rings (SSSR count). The lowest BCUT2D eigenvalue weighted by atomic mass is 10.1. The number of benzene rings is 1. The van der Waals surface area contributed by atoms with Crippen LogP contribution in [0.5, 0.6) is 0 Å². The number of amides is 2. The molecule has 0 aliphatic carbocycles. The number of ether oxygens (including phenoxy) is 1. The Kier molecular flexibility index (Phi) is 10.9. The van der Waals surface area contributed by atoms with Gasteiger partial charge in [0, 0.05) is 25.9 Å². The number of likely N-dealkylation sites (tertiary alicyclic amines) is 1. The number of hydrogen-bond donors (Lipinski definition) is 2. The van der Waals surface area contributed by atoms with E-state index in [1.165, 1.54) is 0 Å². The minimum absolute atomic E-state index is 0.126. The van der Waals surface area contributed by atoms with E-state index >= 15 is 0 Å². The Bertz CT molecular complexity index is 660. The van der Waals surface area contributed by atoms with Crippen LogP contribution in [0, 0.1) is 0 Å². The topological polar surface area (TPSA) is 102 Å². The molecule has 0 saturated carbocycles. The predicted molar refractivity (Wildman–Crippen MR) is 115 cm³/mol. The van der Waals surface area contributed by atoms with Gasteiger partial charge in [-0.25, -0.2) is 0 Å². The summed E-state index contributed by atoms with van der Waals surface area (Å²) in [6.45, 7) is 2.66. The Morgan fingerprint density at radius 1 is 1.00 bits per heavy atom. The molecule has 0 radical (unpaired) electrons. The summed E-state index contributed by atoms with van der Waals surface area (Å²) < 4.78 is 5.28. The van der Waals surface area contributed by atoms with Gasteiger partial charge in [-0.2, -0.15) is 0 Å². The first-order valence-corrected chi connectivity index (χ1v) is 11.1. The van der Waals surface area contributed by atoms with Crippen LogP contribution in [0.25, 0.3) is 0 Å². The molecule has 7 heteroatoms. The second-order valence-corrected chi connectivity index (χ2v) is 7.85. The molecule has 1 fully saturated rings.